The molecule has 0 amide bonds. The van der Waals surface area contributed by atoms with Gasteiger partial charge in [0.1, 0.15) is 5.58 Å². The van der Waals surface area contributed by atoms with E-state index in [0.29, 0.717) is 18.2 Å². The molecule has 13 heteroatoms. The van der Waals surface area contributed by atoms with Crippen molar-refractivity contribution in [2.24, 2.45) is 0 Å². The Hall–Kier alpha value is -2.73. The molecule has 142 valence electrons. The molecule has 2 aromatic rings. The maximum Gasteiger partial charge on any atom is 0.385 e. The second-order valence-electron chi connectivity index (χ2n) is 4.98. The summed E-state index contributed by atoms with van der Waals surface area (Å²) in [6, 6.07) is 1.52. The largest absolute Gasteiger partial charge is 0.454 e. The van der Waals surface area contributed by atoms with Crippen LogP contribution in [0.15, 0.2) is 33.5 Å². The lowest BCUT2D eigenvalue weighted by atomic mass is 10.0. The minimum atomic E-state index is -6.60. The first-order chi connectivity index (χ1) is 11.7. The molecule has 0 aliphatic heterocycles. The Balaban J connectivity index is 2.67. The van der Waals surface area contributed by atoms with E-state index >= 15 is 0 Å². The Kier molecular flexibility index (Phi) is 4.46. The van der Waals surface area contributed by atoms with Crippen molar-refractivity contribution < 1.29 is 44.5 Å². The molecule has 2 rings (SSSR count). The molecule has 0 unspecified atom stereocenters. The minimum absolute atomic E-state index is 0.318. The Bertz CT molecular complexity index is 924. The van der Waals surface area contributed by atoms with Gasteiger partial charge in [0.15, 0.2) is 11.2 Å². The molecule has 0 aliphatic rings. The van der Waals surface area contributed by atoms with Crippen LogP contribution in [0.25, 0.3) is 11.0 Å². The molecule has 0 N–H and O–H groups in total. The molecule has 1 aromatic heterocycles. The maximum atomic E-state index is 13.8. The second kappa shape index (κ2) is 5.92. The number of fused-ring (bicyclic) bond motifs is 1. The fraction of sp³-hybridized carbons (Fsp3) is 0.308. The SMILES string of the molecule is O=c1cc(C(F)(F)C(F)(F)C(F)(F)C(F)F)oc2ccc([N+](=O)[O-])cc12. The highest BCUT2D eigenvalue weighted by molar-refractivity contribution is 5.79. The number of hydrogen-bond acceptors (Lipinski definition) is 4. The van der Waals surface area contributed by atoms with Crippen LogP contribution in [0, 0.1) is 10.1 Å². The van der Waals surface area contributed by atoms with Crippen molar-refractivity contribution in [1.82, 2.24) is 0 Å². The van der Waals surface area contributed by atoms with Gasteiger partial charge < -0.3 is 4.42 Å². The van der Waals surface area contributed by atoms with Crippen LogP contribution in [0.4, 0.5) is 40.8 Å². The number of halogens is 8. The summed E-state index contributed by atoms with van der Waals surface area (Å²) in [5, 5.41) is 9.91. The zero-order valence-electron chi connectivity index (χ0n) is 12.0. The van der Waals surface area contributed by atoms with Crippen molar-refractivity contribution in [3.05, 3.63) is 50.4 Å². The summed E-state index contributed by atoms with van der Waals surface area (Å²) in [6.07, 6.45) is -5.13. The summed E-state index contributed by atoms with van der Waals surface area (Å²) in [4.78, 5) is 21.4. The highest BCUT2D eigenvalue weighted by Gasteiger charge is 2.77. The number of benzene rings is 1. The van der Waals surface area contributed by atoms with E-state index in [4.69, 9.17) is 0 Å². The molecule has 26 heavy (non-hydrogen) atoms. The lowest BCUT2D eigenvalue weighted by molar-refractivity contribution is -0.384. The molecule has 0 saturated carbocycles. The van der Waals surface area contributed by atoms with Crippen LogP contribution < -0.4 is 5.43 Å². The van der Waals surface area contributed by atoms with Crippen molar-refractivity contribution in [1.29, 1.82) is 0 Å². The first-order valence-corrected chi connectivity index (χ1v) is 6.38. The van der Waals surface area contributed by atoms with Gasteiger partial charge in [-0.3, -0.25) is 14.9 Å². The molecule has 0 spiro atoms. The van der Waals surface area contributed by atoms with E-state index in [-0.39, 0.29) is 6.07 Å². The van der Waals surface area contributed by atoms with E-state index in [9.17, 15) is 50.0 Å². The Morgan fingerprint density at radius 3 is 2.12 bits per heavy atom. The highest BCUT2D eigenvalue weighted by Crippen LogP contribution is 2.53. The third kappa shape index (κ3) is 2.76. The van der Waals surface area contributed by atoms with Gasteiger partial charge in [0, 0.05) is 18.2 Å². The van der Waals surface area contributed by atoms with Crippen molar-refractivity contribution in [3.8, 4) is 0 Å². The van der Waals surface area contributed by atoms with Crippen LogP contribution in [0.2, 0.25) is 0 Å². The number of nitro benzene ring substituents is 1. The predicted molar refractivity (Wildman–Crippen MR) is 68.9 cm³/mol. The monoisotopic (exact) mass is 391 g/mol. The summed E-state index contributed by atoms with van der Waals surface area (Å²) < 4.78 is 109. The van der Waals surface area contributed by atoms with Crippen LogP contribution in [-0.4, -0.2) is 23.2 Å². The topological polar surface area (TPSA) is 73.3 Å². The molecule has 0 bridgehead atoms. The molecular formula is C13H5F8NO4. The van der Waals surface area contributed by atoms with E-state index in [2.05, 4.69) is 4.42 Å². The first-order valence-electron chi connectivity index (χ1n) is 6.38. The molecule has 0 fully saturated rings. The summed E-state index contributed by atoms with van der Waals surface area (Å²) in [5.74, 6) is -21.3. The molecule has 0 atom stereocenters. The number of nitro groups is 1. The zero-order chi connectivity index (χ0) is 20.1. The average Bonchev–Trinajstić information content (AvgIpc) is 2.53. The second-order valence-corrected chi connectivity index (χ2v) is 4.98. The van der Waals surface area contributed by atoms with Gasteiger partial charge in [0.2, 0.25) is 0 Å². The van der Waals surface area contributed by atoms with Crippen LogP contribution in [0.5, 0.6) is 0 Å². The number of hydrogen-bond donors (Lipinski definition) is 0. The quantitative estimate of drug-likeness (QED) is 0.432. The minimum Gasteiger partial charge on any atom is -0.454 e. The Morgan fingerprint density at radius 2 is 1.62 bits per heavy atom. The van der Waals surface area contributed by atoms with Gasteiger partial charge in [-0.2, -0.15) is 26.3 Å². The number of alkyl halides is 8. The molecule has 0 radical (unpaired) electrons. The van der Waals surface area contributed by atoms with Crippen molar-refractivity contribution in [2.45, 2.75) is 24.2 Å². The zero-order valence-corrected chi connectivity index (χ0v) is 12.0. The van der Waals surface area contributed by atoms with Crippen LogP contribution in [-0.2, 0) is 5.92 Å². The third-order valence-electron chi connectivity index (χ3n) is 3.32. The third-order valence-corrected chi connectivity index (χ3v) is 3.32. The van der Waals surface area contributed by atoms with Crippen LogP contribution >= 0.6 is 0 Å². The van der Waals surface area contributed by atoms with Crippen molar-refractivity contribution in [3.63, 3.8) is 0 Å². The van der Waals surface area contributed by atoms with Gasteiger partial charge in [0.05, 0.1) is 10.3 Å². The molecular weight excluding hydrogens is 386 g/mol. The first kappa shape index (κ1) is 19.6. The molecule has 1 aromatic carbocycles. The van der Waals surface area contributed by atoms with E-state index in [1.165, 1.54) is 0 Å². The number of non-ortho nitro benzene ring substituents is 1. The fourth-order valence-corrected chi connectivity index (χ4v) is 1.91. The van der Waals surface area contributed by atoms with Crippen LogP contribution in [0.3, 0.4) is 0 Å². The van der Waals surface area contributed by atoms with E-state index in [1.807, 2.05) is 0 Å². The van der Waals surface area contributed by atoms with E-state index in [1.54, 1.807) is 0 Å². The van der Waals surface area contributed by atoms with Gasteiger partial charge in [-0.1, -0.05) is 0 Å². The standard InChI is InChI=1S/C13H5F8NO4/c14-10(15)12(18,19)13(20,21)11(16,17)9-4-7(23)6-3-5(22(24)25)1-2-8(6)26-9/h1-4,10H. The van der Waals surface area contributed by atoms with Crippen molar-refractivity contribution in [2.75, 3.05) is 0 Å². The Labute approximate surface area is 137 Å². The maximum absolute atomic E-state index is 13.8. The van der Waals surface area contributed by atoms with Crippen molar-refractivity contribution >= 4 is 16.7 Å². The van der Waals surface area contributed by atoms with Gasteiger partial charge in [-0.05, 0) is 6.07 Å². The molecule has 0 aliphatic carbocycles. The average molecular weight is 391 g/mol. The van der Waals surface area contributed by atoms with Gasteiger partial charge >= 0.3 is 24.2 Å². The summed E-state index contributed by atoms with van der Waals surface area (Å²) >= 11 is 0. The summed E-state index contributed by atoms with van der Waals surface area (Å²) in [6.45, 7) is 0. The smallest absolute Gasteiger partial charge is 0.385 e. The van der Waals surface area contributed by atoms with Gasteiger partial charge in [-0.25, -0.2) is 8.78 Å². The summed E-state index contributed by atoms with van der Waals surface area (Å²) in [5.41, 5.74) is -3.03. The summed E-state index contributed by atoms with van der Waals surface area (Å²) in [7, 11) is 0. The normalized spacial score (nSPS) is 13.4. The fourth-order valence-electron chi connectivity index (χ4n) is 1.91. The Morgan fingerprint density at radius 1 is 1.04 bits per heavy atom. The molecule has 1 heterocycles. The number of rotatable bonds is 5. The van der Waals surface area contributed by atoms with Gasteiger partial charge in [-0.15, -0.1) is 0 Å². The van der Waals surface area contributed by atoms with Crippen LogP contribution in [0.1, 0.15) is 5.76 Å². The van der Waals surface area contributed by atoms with E-state index < -0.39 is 57.0 Å². The van der Waals surface area contributed by atoms with Gasteiger partial charge in [0.25, 0.3) is 5.69 Å². The highest BCUT2D eigenvalue weighted by atomic mass is 19.4. The lowest BCUT2D eigenvalue weighted by Gasteiger charge is -2.31. The lowest BCUT2D eigenvalue weighted by Crippen LogP contribution is -2.56. The predicted octanol–water partition coefficient (Wildman–Crippen LogP) is 4.33. The molecule has 5 nitrogen and oxygen atoms in total. The van der Waals surface area contributed by atoms with E-state index in [0.717, 1.165) is 0 Å². The number of nitrogens with zero attached hydrogens (tertiary/aromatic N) is 1. The molecule has 0 saturated heterocycles.